The summed E-state index contributed by atoms with van der Waals surface area (Å²) in [6.07, 6.45) is 23.2. The van der Waals surface area contributed by atoms with Crippen LogP contribution in [0.3, 0.4) is 0 Å². The molecular formula is C21H20N2. The fourth-order valence-electron chi connectivity index (χ4n) is 3.06. The number of rotatable bonds is 3. The molecule has 0 saturated heterocycles. The molecule has 3 aliphatic rings. The van der Waals surface area contributed by atoms with Crippen LogP contribution in [0.1, 0.15) is 26.2 Å². The van der Waals surface area contributed by atoms with Crippen LogP contribution in [0.2, 0.25) is 0 Å². The van der Waals surface area contributed by atoms with E-state index < -0.39 is 5.41 Å². The van der Waals surface area contributed by atoms with E-state index >= 15 is 0 Å². The Morgan fingerprint density at radius 1 is 1.22 bits per heavy atom. The first-order valence-electron chi connectivity index (χ1n) is 8.07. The van der Waals surface area contributed by atoms with Crippen molar-refractivity contribution in [3.05, 3.63) is 83.1 Å². The molecule has 1 N–H and O–H groups in total. The van der Waals surface area contributed by atoms with Crippen molar-refractivity contribution in [2.24, 2.45) is 5.41 Å². The van der Waals surface area contributed by atoms with E-state index in [1.54, 1.807) is 0 Å². The molecule has 0 bridgehead atoms. The molecule has 2 heteroatoms. The van der Waals surface area contributed by atoms with Gasteiger partial charge in [0.05, 0.1) is 11.8 Å². The maximum absolute atomic E-state index is 9.55. The fourth-order valence-corrected chi connectivity index (χ4v) is 3.06. The first kappa shape index (κ1) is 15.2. The lowest BCUT2D eigenvalue weighted by atomic mass is 9.82. The summed E-state index contributed by atoms with van der Waals surface area (Å²) >= 11 is 0. The summed E-state index contributed by atoms with van der Waals surface area (Å²) in [6, 6.07) is 2.35. The highest BCUT2D eigenvalue weighted by Gasteiger charge is 2.26. The van der Waals surface area contributed by atoms with Crippen LogP contribution in [-0.2, 0) is 0 Å². The van der Waals surface area contributed by atoms with Crippen molar-refractivity contribution in [3.8, 4) is 6.07 Å². The fraction of sp³-hybridized carbons (Fsp3) is 0.238. The SMILES string of the molecule is CCC1=CC(C2=CCCC=C2)=C/C(=C\C2(C#N)C=CC=C2)C1=N. The molecule has 3 aliphatic carbocycles. The Kier molecular flexibility index (Phi) is 4.12. The molecule has 3 rings (SSSR count). The van der Waals surface area contributed by atoms with Gasteiger partial charge in [0.25, 0.3) is 0 Å². The summed E-state index contributed by atoms with van der Waals surface area (Å²) in [7, 11) is 0. The van der Waals surface area contributed by atoms with Crippen molar-refractivity contribution >= 4 is 5.71 Å². The number of nitrogens with zero attached hydrogens (tertiary/aromatic N) is 1. The molecule has 0 unspecified atom stereocenters. The third-order valence-electron chi connectivity index (χ3n) is 4.40. The van der Waals surface area contributed by atoms with E-state index in [9.17, 15) is 5.26 Å². The minimum Gasteiger partial charge on any atom is -0.300 e. The molecule has 114 valence electrons. The molecular weight excluding hydrogens is 280 g/mol. The average molecular weight is 300 g/mol. The highest BCUT2D eigenvalue weighted by atomic mass is 14.5. The Bertz CT molecular complexity index is 774. The van der Waals surface area contributed by atoms with E-state index in [0.717, 1.165) is 36.0 Å². The molecule has 23 heavy (non-hydrogen) atoms. The zero-order valence-electron chi connectivity index (χ0n) is 13.3. The van der Waals surface area contributed by atoms with Crippen LogP contribution < -0.4 is 0 Å². The standard InChI is InChI=1S/C21H20N2/c1-2-16-12-18(17-8-4-3-5-9-17)13-19(20(16)23)14-21(15-22)10-6-7-11-21/h4,6-14,23H,2-3,5H2,1H3/b19-14+,23-20?. The van der Waals surface area contributed by atoms with Gasteiger partial charge in [-0.2, -0.15) is 5.26 Å². The van der Waals surface area contributed by atoms with Crippen molar-refractivity contribution in [1.29, 1.82) is 10.7 Å². The zero-order valence-corrected chi connectivity index (χ0v) is 13.3. The molecule has 0 aromatic carbocycles. The Morgan fingerprint density at radius 3 is 2.61 bits per heavy atom. The lowest BCUT2D eigenvalue weighted by molar-refractivity contribution is 0.850. The summed E-state index contributed by atoms with van der Waals surface area (Å²) in [4.78, 5) is 0. The van der Waals surface area contributed by atoms with Crippen molar-refractivity contribution in [3.63, 3.8) is 0 Å². The van der Waals surface area contributed by atoms with Gasteiger partial charge in [-0.25, -0.2) is 0 Å². The lowest BCUT2D eigenvalue weighted by Crippen LogP contribution is -2.14. The molecule has 0 atom stereocenters. The molecule has 0 saturated carbocycles. The second-order valence-corrected chi connectivity index (χ2v) is 6.00. The molecule has 0 fully saturated rings. The summed E-state index contributed by atoms with van der Waals surface area (Å²) in [6.45, 7) is 2.07. The monoisotopic (exact) mass is 300 g/mol. The van der Waals surface area contributed by atoms with E-state index in [2.05, 4.69) is 37.3 Å². The van der Waals surface area contributed by atoms with Gasteiger partial charge in [0.2, 0.25) is 0 Å². The molecule has 0 heterocycles. The van der Waals surface area contributed by atoms with Gasteiger partial charge in [-0.05, 0) is 59.8 Å². The largest absolute Gasteiger partial charge is 0.300 e. The predicted octanol–water partition coefficient (Wildman–Crippen LogP) is 5.12. The normalized spacial score (nSPS) is 23.6. The Balaban J connectivity index is 2.06. The molecule has 0 amide bonds. The highest BCUT2D eigenvalue weighted by molar-refractivity contribution is 6.14. The zero-order chi connectivity index (χ0) is 16.3. The summed E-state index contributed by atoms with van der Waals surface area (Å²) < 4.78 is 0. The van der Waals surface area contributed by atoms with Crippen LogP contribution in [0.25, 0.3) is 0 Å². The van der Waals surface area contributed by atoms with Crippen molar-refractivity contribution < 1.29 is 0 Å². The second kappa shape index (κ2) is 6.22. The third kappa shape index (κ3) is 2.96. The van der Waals surface area contributed by atoms with E-state index in [4.69, 9.17) is 5.41 Å². The summed E-state index contributed by atoms with van der Waals surface area (Å²) in [5.74, 6) is 0. The van der Waals surface area contributed by atoms with E-state index in [1.165, 1.54) is 5.57 Å². The highest BCUT2D eigenvalue weighted by Crippen LogP contribution is 2.33. The lowest BCUT2D eigenvalue weighted by Gasteiger charge is -2.21. The van der Waals surface area contributed by atoms with Gasteiger partial charge in [-0.15, -0.1) is 0 Å². The van der Waals surface area contributed by atoms with Crippen LogP contribution >= 0.6 is 0 Å². The summed E-state index contributed by atoms with van der Waals surface area (Å²) in [5.41, 5.74) is 4.00. The third-order valence-corrected chi connectivity index (χ3v) is 4.40. The van der Waals surface area contributed by atoms with Crippen molar-refractivity contribution in [2.45, 2.75) is 26.2 Å². The van der Waals surface area contributed by atoms with Gasteiger partial charge in [0.1, 0.15) is 5.41 Å². The number of allylic oxidation sites excluding steroid dienone is 14. The van der Waals surface area contributed by atoms with Gasteiger partial charge in [0, 0.05) is 0 Å². The van der Waals surface area contributed by atoms with Gasteiger partial charge < -0.3 is 0 Å². The summed E-state index contributed by atoms with van der Waals surface area (Å²) in [5, 5.41) is 18.0. The number of hydrogen-bond donors (Lipinski definition) is 1. The van der Waals surface area contributed by atoms with Crippen LogP contribution in [0.15, 0.2) is 83.1 Å². The Hall–Kier alpha value is -2.66. The first-order chi connectivity index (χ1) is 11.2. The quantitative estimate of drug-likeness (QED) is 0.772. The van der Waals surface area contributed by atoms with Gasteiger partial charge >= 0.3 is 0 Å². The Morgan fingerprint density at radius 2 is 2.00 bits per heavy atom. The maximum atomic E-state index is 9.55. The van der Waals surface area contributed by atoms with Crippen LogP contribution in [0.5, 0.6) is 0 Å². The van der Waals surface area contributed by atoms with Crippen LogP contribution in [0, 0.1) is 22.2 Å². The number of nitriles is 1. The average Bonchev–Trinajstić information content (AvgIpc) is 3.06. The topological polar surface area (TPSA) is 47.6 Å². The first-order valence-corrected chi connectivity index (χ1v) is 8.07. The van der Waals surface area contributed by atoms with Crippen LogP contribution in [-0.4, -0.2) is 5.71 Å². The second-order valence-electron chi connectivity index (χ2n) is 6.00. The molecule has 0 aromatic heterocycles. The van der Waals surface area contributed by atoms with Gasteiger partial charge in [0.15, 0.2) is 0 Å². The van der Waals surface area contributed by atoms with E-state index in [-0.39, 0.29) is 0 Å². The molecule has 0 aromatic rings. The van der Waals surface area contributed by atoms with Gasteiger partial charge in [-0.3, -0.25) is 5.41 Å². The van der Waals surface area contributed by atoms with E-state index in [0.29, 0.717) is 5.71 Å². The minimum atomic E-state index is -0.726. The number of nitrogens with one attached hydrogen (secondary N) is 1. The van der Waals surface area contributed by atoms with Crippen molar-refractivity contribution in [1.82, 2.24) is 0 Å². The van der Waals surface area contributed by atoms with E-state index in [1.807, 2.05) is 36.5 Å². The van der Waals surface area contributed by atoms with Crippen molar-refractivity contribution in [2.75, 3.05) is 0 Å². The molecule has 0 spiro atoms. The van der Waals surface area contributed by atoms with Crippen LogP contribution in [0.4, 0.5) is 0 Å². The molecule has 2 nitrogen and oxygen atoms in total. The predicted molar refractivity (Wildman–Crippen MR) is 95.0 cm³/mol. The Labute approximate surface area is 137 Å². The smallest absolute Gasteiger partial charge is 0.113 e. The maximum Gasteiger partial charge on any atom is 0.113 e. The minimum absolute atomic E-state index is 0.528. The van der Waals surface area contributed by atoms with Gasteiger partial charge in [-0.1, -0.05) is 49.5 Å². The molecule has 0 aliphatic heterocycles. The molecule has 0 radical (unpaired) electrons. The number of hydrogen-bond acceptors (Lipinski definition) is 2.